The summed E-state index contributed by atoms with van der Waals surface area (Å²) >= 11 is 0. The number of benzene rings is 1. The molecule has 0 bridgehead atoms. The van der Waals surface area contributed by atoms with Crippen molar-refractivity contribution in [3.05, 3.63) is 29.3 Å². The van der Waals surface area contributed by atoms with E-state index in [1.54, 1.807) is 0 Å². The van der Waals surface area contributed by atoms with Gasteiger partial charge in [0.05, 0.1) is 12.7 Å². The van der Waals surface area contributed by atoms with E-state index < -0.39 is 0 Å². The molecule has 0 radical (unpaired) electrons. The molecule has 0 unspecified atom stereocenters. The lowest BCUT2D eigenvalue weighted by Gasteiger charge is -2.27. The lowest BCUT2D eigenvalue weighted by atomic mass is 9.96. The molecule has 3 nitrogen and oxygen atoms in total. The van der Waals surface area contributed by atoms with Crippen molar-refractivity contribution in [3.63, 3.8) is 0 Å². The number of hydrogen-bond donors (Lipinski definition) is 1. The van der Waals surface area contributed by atoms with E-state index in [9.17, 15) is 0 Å². The number of nitrogens with two attached hydrogens (primary N) is 1. The average Bonchev–Trinajstić information content (AvgIpc) is 2.14. The molecule has 15 heavy (non-hydrogen) atoms. The van der Waals surface area contributed by atoms with E-state index in [-0.39, 0.29) is 0 Å². The molecule has 1 aliphatic carbocycles. The fourth-order valence-corrected chi connectivity index (χ4v) is 1.69. The van der Waals surface area contributed by atoms with E-state index in [0.717, 1.165) is 24.2 Å². The number of rotatable bonds is 4. The quantitative estimate of drug-likeness (QED) is 0.770. The molecule has 0 aromatic heterocycles. The molecule has 2 rings (SSSR count). The zero-order valence-electron chi connectivity index (χ0n) is 9.03. The first-order chi connectivity index (χ1) is 7.29. The van der Waals surface area contributed by atoms with Gasteiger partial charge in [-0.25, -0.2) is 5.90 Å². The molecular weight excluding hydrogens is 190 g/mol. The van der Waals surface area contributed by atoms with Crippen LogP contribution in [0.15, 0.2) is 18.2 Å². The van der Waals surface area contributed by atoms with Crippen LogP contribution in [-0.4, -0.2) is 6.10 Å². The smallest absolute Gasteiger partial charge is 0.125 e. The van der Waals surface area contributed by atoms with Crippen molar-refractivity contribution in [1.82, 2.24) is 0 Å². The summed E-state index contributed by atoms with van der Waals surface area (Å²) in [6.07, 6.45) is 4.00. The van der Waals surface area contributed by atoms with Gasteiger partial charge >= 0.3 is 0 Å². The van der Waals surface area contributed by atoms with E-state index >= 15 is 0 Å². The highest BCUT2D eigenvalue weighted by atomic mass is 16.6. The Hall–Kier alpha value is -1.06. The van der Waals surface area contributed by atoms with Crippen LogP contribution in [0.2, 0.25) is 0 Å². The van der Waals surface area contributed by atoms with Crippen molar-refractivity contribution in [3.8, 4) is 5.75 Å². The van der Waals surface area contributed by atoms with Gasteiger partial charge < -0.3 is 4.74 Å². The summed E-state index contributed by atoms with van der Waals surface area (Å²) in [5, 5.41) is 0. The molecule has 3 heteroatoms. The van der Waals surface area contributed by atoms with Crippen LogP contribution >= 0.6 is 0 Å². The topological polar surface area (TPSA) is 44.5 Å². The molecule has 1 aromatic rings. The van der Waals surface area contributed by atoms with Gasteiger partial charge in [0.1, 0.15) is 5.75 Å². The molecule has 82 valence electrons. The predicted octanol–water partition coefficient (Wildman–Crippen LogP) is 2.32. The van der Waals surface area contributed by atoms with E-state index in [1.165, 1.54) is 12.0 Å². The van der Waals surface area contributed by atoms with Gasteiger partial charge in [0.25, 0.3) is 0 Å². The monoisotopic (exact) mass is 207 g/mol. The Balaban J connectivity index is 2.12. The lowest BCUT2D eigenvalue weighted by molar-refractivity contribution is 0.101. The summed E-state index contributed by atoms with van der Waals surface area (Å²) < 4.78 is 5.85. The van der Waals surface area contributed by atoms with E-state index in [1.807, 2.05) is 19.1 Å². The third-order valence-electron chi connectivity index (χ3n) is 2.80. The lowest BCUT2D eigenvalue weighted by Crippen LogP contribution is -2.25. The summed E-state index contributed by atoms with van der Waals surface area (Å²) in [7, 11) is 0. The molecule has 1 fully saturated rings. The second-order valence-corrected chi connectivity index (χ2v) is 4.09. The van der Waals surface area contributed by atoms with Gasteiger partial charge in [0, 0.05) is 5.56 Å². The van der Waals surface area contributed by atoms with Gasteiger partial charge in [-0.15, -0.1) is 0 Å². The minimum Gasteiger partial charge on any atom is -0.490 e. The van der Waals surface area contributed by atoms with Gasteiger partial charge in [0.2, 0.25) is 0 Å². The molecule has 0 heterocycles. The number of ether oxygens (including phenoxy) is 1. The van der Waals surface area contributed by atoms with Gasteiger partial charge in [-0.3, -0.25) is 4.84 Å². The van der Waals surface area contributed by atoms with Gasteiger partial charge in [-0.2, -0.15) is 0 Å². The van der Waals surface area contributed by atoms with Crippen LogP contribution in [0.1, 0.15) is 30.4 Å². The third kappa shape index (κ3) is 2.49. The summed E-state index contributed by atoms with van der Waals surface area (Å²) in [5.74, 6) is 6.01. The Labute approximate surface area is 90.1 Å². The fraction of sp³-hybridized carbons (Fsp3) is 0.500. The van der Waals surface area contributed by atoms with Crippen LogP contribution in [0.4, 0.5) is 0 Å². The average molecular weight is 207 g/mol. The van der Waals surface area contributed by atoms with Crippen LogP contribution in [0, 0.1) is 6.92 Å². The summed E-state index contributed by atoms with van der Waals surface area (Å²) in [4.78, 5) is 4.68. The third-order valence-corrected chi connectivity index (χ3v) is 2.80. The predicted molar refractivity (Wildman–Crippen MR) is 58.4 cm³/mol. The van der Waals surface area contributed by atoms with Gasteiger partial charge in [-0.05, 0) is 38.3 Å². The maximum Gasteiger partial charge on any atom is 0.125 e. The first-order valence-corrected chi connectivity index (χ1v) is 5.37. The maximum absolute atomic E-state index is 5.85. The molecule has 0 aliphatic heterocycles. The summed E-state index contributed by atoms with van der Waals surface area (Å²) in [6.45, 7) is 2.46. The van der Waals surface area contributed by atoms with Crippen LogP contribution < -0.4 is 10.6 Å². The highest BCUT2D eigenvalue weighted by Crippen LogP contribution is 2.28. The van der Waals surface area contributed by atoms with Crippen molar-refractivity contribution >= 4 is 0 Å². The minimum absolute atomic E-state index is 0.393. The van der Waals surface area contributed by atoms with Crippen molar-refractivity contribution in [2.75, 3.05) is 0 Å². The second-order valence-electron chi connectivity index (χ2n) is 4.09. The SMILES string of the molecule is Cc1ccc(OC2CCC2)c(CON)c1. The fourth-order valence-electron chi connectivity index (χ4n) is 1.69. The molecule has 1 saturated carbocycles. The van der Waals surface area contributed by atoms with Crippen LogP contribution in [-0.2, 0) is 11.4 Å². The molecule has 1 aliphatic rings. The Kier molecular flexibility index (Phi) is 3.23. The van der Waals surface area contributed by atoms with Crippen molar-refractivity contribution in [2.24, 2.45) is 5.90 Å². The molecule has 0 amide bonds. The van der Waals surface area contributed by atoms with Crippen molar-refractivity contribution in [2.45, 2.75) is 38.9 Å². The molecular formula is C12H17NO2. The molecule has 0 saturated heterocycles. The van der Waals surface area contributed by atoms with Gasteiger partial charge in [-0.1, -0.05) is 11.6 Å². The van der Waals surface area contributed by atoms with Gasteiger partial charge in [0.15, 0.2) is 0 Å². The first kappa shape index (κ1) is 10.5. The Bertz CT molecular complexity index is 334. The molecule has 0 atom stereocenters. The molecule has 0 spiro atoms. The highest BCUT2D eigenvalue weighted by molar-refractivity contribution is 5.36. The van der Waals surface area contributed by atoms with E-state index in [0.29, 0.717) is 12.7 Å². The zero-order chi connectivity index (χ0) is 10.7. The van der Waals surface area contributed by atoms with Crippen LogP contribution in [0.25, 0.3) is 0 Å². The molecule has 1 aromatic carbocycles. The zero-order valence-corrected chi connectivity index (χ0v) is 9.03. The van der Waals surface area contributed by atoms with Crippen LogP contribution in [0.3, 0.4) is 0 Å². The summed E-state index contributed by atoms with van der Waals surface area (Å²) in [6, 6.07) is 6.11. The second kappa shape index (κ2) is 4.64. The first-order valence-electron chi connectivity index (χ1n) is 5.37. The van der Waals surface area contributed by atoms with E-state index in [2.05, 4.69) is 10.9 Å². The molecule has 2 N–H and O–H groups in total. The largest absolute Gasteiger partial charge is 0.490 e. The van der Waals surface area contributed by atoms with E-state index in [4.69, 9.17) is 10.6 Å². The number of aryl methyl sites for hydroxylation is 1. The standard InChI is InChI=1S/C12H17NO2/c1-9-5-6-12(10(7-9)8-14-13)15-11-3-2-4-11/h5-7,11H,2-4,8,13H2,1H3. The number of hydrogen-bond acceptors (Lipinski definition) is 3. The normalized spacial score (nSPS) is 16.1. The highest BCUT2D eigenvalue weighted by Gasteiger charge is 2.20. The Morgan fingerprint density at radius 2 is 2.20 bits per heavy atom. The van der Waals surface area contributed by atoms with Crippen LogP contribution in [0.5, 0.6) is 5.75 Å². The minimum atomic E-state index is 0.393. The van der Waals surface area contributed by atoms with Crippen molar-refractivity contribution in [1.29, 1.82) is 0 Å². The van der Waals surface area contributed by atoms with Crippen molar-refractivity contribution < 1.29 is 9.57 Å². The Morgan fingerprint density at radius 3 is 2.80 bits per heavy atom. The maximum atomic E-state index is 5.85. The Morgan fingerprint density at radius 1 is 1.40 bits per heavy atom. The summed E-state index contributed by atoms with van der Waals surface area (Å²) in [5.41, 5.74) is 2.23.